The quantitative estimate of drug-likeness (QED) is 0.0602. The van der Waals surface area contributed by atoms with Gasteiger partial charge in [-0.3, -0.25) is 14.4 Å². The summed E-state index contributed by atoms with van der Waals surface area (Å²) in [6.07, 6.45) is 3.51. The van der Waals surface area contributed by atoms with Crippen LogP contribution in [0.3, 0.4) is 0 Å². The minimum Gasteiger partial charge on any atom is -0.494 e. The van der Waals surface area contributed by atoms with Gasteiger partial charge in [-0.25, -0.2) is 0 Å². The van der Waals surface area contributed by atoms with Crippen molar-refractivity contribution in [3.8, 4) is 5.75 Å². The summed E-state index contributed by atoms with van der Waals surface area (Å²) in [4.78, 5) is 41.0. The molecule has 10 heteroatoms. The molecule has 0 bridgehead atoms. The van der Waals surface area contributed by atoms with Gasteiger partial charge in [0.2, 0.25) is 5.91 Å². The molecular weight excluding hydrogens is 689 g/mol. The molecule has 3 amide bonds. The first-order chi connectivity index (χ1) is 24.3. The van der Waals surface area contributed by atoms with Crippen LogP contribution in [-0.4, -0.2) is 24.3 Å². The molecule has 0 heterocycles. The minimum atomic E-state index is -0.561. The van der Waals surface area contributed by atoms with Gasteiger partial charge in [-0.05, 0) is 90.4 Å². The maximum Gasteiger partial charge on any atom is 0.272 e. The number of hydrogen-bond donors (Lipinski definition) is 3. The Morgan fingerprint density at radius 2 is 1.40 bits per heavy atom. The van der Waals surface area contributed by atoms with Gasteiger partial charge in [0.1, 0.15) is 16.7 Å². The van der Waals surface area contributed by atoms with E-state index < -0.39 is 17.1 Å². The molecule has 0 fully saturated rings. The summed E-state index contributed by atoms with van der Waals surface area (Å²) in [6.45, 7) is 2.76. The molecule has 0 radical (unpaired) electrons. The molecule has 254 valence electrons. The van der Waals surface area contributed by atoms with Crippen molar-refractivity contribution < 1.29 is 19.1 Å². The number of ether oxygens (including phenoxy) is 1. The second-order valence-electron chi connectivity index (χ2n) is 11.1. The number of halogens is 2. The smallest absolute Gasteiger partial charge is 0.272 e. The van der Waals surface area contributed by atoms with Crippen LogP contribution < -0.4 is 20.7 Å². The van der Waals surface area contributed by atoms with Gasteiger partial charge in [0.05, 0.1) is 16.7 Å². The summed E-state index contributed by atoms with van der Waals surface area (Å²) in [6, 6.07) is 37.6. The van der Waals surface area contributed by atoms with Crippen LogP contribution in [0.2, 0.25) is 10.0 Å². The van der Waals surface area contributed by atoms with Gasteiger partial charge >= 0.3 is 0 Å². The van der Waals surface area contributed by atoms with Gasteiger partial charge in [-0.15, -0.1) is 11.8 Å². The van der Waals surface area contributed by atoms with Crippen LogP contribution in [-0.2, 0) is 9.59 Å². The number of carbonyl (C=O) groups excluding carboxylic acids is 3. The summed E-state index contributed by atoms with van der Waals surface area (Å²) in [5.41, 5.74) is 2.82. The van der Waals surface area contributed by atoms with E-state index in [9.17, 15) is 14.4 Å². The number of rotatable bonds is 14. The normalized spacial score (nSPS) is 11.7. The van der Waals surface area contributed by atoms with E-state index in [1.54, 1.807) is 60.7 Å². The SMILES string of the molecule is CCCCOc1ccc(NC(=O)C(Sc2ccc(NC(=O)/C(=C/c3cccc(Cl)c3Cl)NC(=O)c3ccccc3)cc2)c2ccccc2)cc1. The van der Waals surface area contributed by atoms with E-state index in [4.69, 9.17) is 27.9 Å². The lowest BCUT2D eigenvalue weighted by molar-refractivity contribution is -0.116. The Kier molecular flexibility index (Phi) is 13.1. The van der Waals surface area contributed by atoms with E-state index in [1.807, 2.05) is 66.7 Å². The van der Waals surface area contributed by atoms with Crippen LogP contribution in [0, 0.1) is 0 Å². The third kappa shape index (κ3) is 10.2. The lowest BCUT2D eigenvalue weighted by atomic mass is 10.1. The van der Waals surface area contributed by atoms with Crippen LogP contribution in [0.4, 0.5) is 11.4 Å². The largest absolute Gasteiger partial charge is 0.494 e. The number of hydrogen-bond acceptors (Lipinski definition) is 5. The zero-order valence-corrected chi connectivity index (χ0v) is 29.5. The fraction of sp³-hybridized carbons (Fsp3) is 0.125. The molecule has 5 aromatic rings. The first-order valence-electron chi connectivity index (χ1n) is 16.0. The van der Waals surface area contributed by atoms with Gasteiger partial charge in [0.25, 0.3) is 11.8 Å². The Labute approximate surface area is 306 Å². The number of thioether (sulfide) groups is 1. The summed E-state index contributed by atoms with van der Waals surface area (Å²) < 4.78 is 5.74. The van der Waals surface area contributed by atoms with Gasteiger partial charge in [0, 0.05) is 21.8 Å². The van der Waals surface area contributed by atoms with Crippen molar-refractivity contribution in [2.24, 2.45) is 0 Å². The highest BCUT2D eigenvalue weighted by molar-refractivity contribution is 8.00. The molecule has 5 aromatic carbocycles. The molecule has 0 saturated heterocycles. The topological polar surface area (TPSA) is 96.5 Å². The van der Waals surface area contributed by atoms with Crippen LogP contribution in [0.25, 0.3) is 6.08 Å². The second-order valence-corrected chi connectivity index (χ2v) is 13.1. The monoisotopic (exact) mass is 723 g/mol. The molecule has 0 aliphatic rings. The molecule has 0 spiro atoms. The Hall–Kier alpha value is -5.02. The molecule has 0 saturated carbocycles. The van der Waals surface area contributed by atoms with Crippen LogP contribution in [0.15, 0.2) is 138 Å². The maximum atomic E-state index is 13.6. The Morgan fingerprint density at radius 1 is 0.760 bits per heavy atom. The lowest BCUT2D eigenvalue weighted by Crippen LogP contribution is -2.30. The average Bonchev–Trinajstić information content (AvgIpc) is 3.14. The zero-order chi connectivity index (χ0) is 35.3. The molecule has 0 aromatic heterocycles. The predicted octanol–water partition coefficient (Wildman–Crippen LogP) is 10.1. The third-order valence-corrected chi connectivity index (χ3v) is 9.50. The predicted molar refractivity (Wildman–Crippen MR) is 204 cm³/mol. The number of nitrogens with one attached hydrogen (secondary N) is 3. The first-order valence-corrected chi connectivity index (χ1v) is 17.6. The Bertz CT molecular complexity index is 1940. The number of benzene rings is 5. The van der Waals surface area contributed by atoms with Gasteiger partial charge < -0.3 is 20.7 Å². The minimum absolute atomic E-state index is 0.0251. The van der Waals surface area contributed by atoms with E-state index in [0.717, 1.165) is 29.1 Å². The van der Waals surface area contributed by atoms with E-state index in [2.05, 4.69) is 22.9 Å². The summed E-state index contributed by atoms with van der Waals surface area (Å²) in [5, 5.41) is 8.59. The van der Waals surface area contributed by atoms with Crippen molar-refractivity contribution in [3.05, 3.63) is 160 Å². The van der Waals surface area contributed by atoms with Gasteiger partial charge in [0.15, 0.2) is 0 Å². The molecule has 5 rings (SSSR count). The molecule has 1 unspecified atom stereocenters. The highest BCUT2D eigenvalue weighted by Crippen LogP contribution is 2.37. The average molecular weight is 725 g/mol. The van der Waals surface area contributed by atoms with Crippen molar-refractivity contribution in [1.82, 2.24) is 5.32 Å². The zero-order valence-electron chi connectivity index (χ0n) is 27.2. The summed E-state index contributed by atoms with van der Waals surface area (Å²) >= 11 is 14.0. The Morgan fingerprint density at radius 3 is 2.08 bits per heavy atom. The van der Waals surface area contributed by atoms with Crippen LogP contribution >= 0.6 is 35.0 Å². The molecule has 50 heavy (non-hydrogen) atoms. The molecule has 0 aliphatic heterocycles. The van der Waals surface area contributed by atoms with E-state index >= 15 is 0 Å². The maximum absolute atomic E-state index is 13.6. The molecule has 0 aliphatic carbocycles. The van der Waals surface area contributed by atoms with Crippen molar-refractivity contribution in [2.45, 2.75) is 29.9 Å². The second kappa shape index (κ2) is 18.1. The fourth-order valence-electron chi connectivity index (χ4n) is 4.76. The molecule has 7 nitrogen and oxygen atoms in total. The first kappa shape index (κ1) is 36.3. The van der Waals surface area contributed by atoms with Crippen molar-refractivity contribution in [3.63, 3.8) is 0 Å². The number of amides is 3. The van der Waals surface area contributed by atoms with Crippen LogP contribution in [0.1, 0.15) is 46.5 Å². The molecule has 3 N–H and O–H groups in total. The number of carbonyl (C=O) groups is 3. The van der Waals surface area contributed by atoms with E-state index in [-0.39, 0.29) is 16.6 Å². The van der Waals surface area contributed by atoms with Crippen LogP contribution in [0.5, 0.6) is 5.75 Å². The van der Waals surface area contributed by atoms with Crippen molar-refractivity contribution in [1.29, 1.82) is 0 Å². The summed E-state index contributed by atoms with van der Waals surface area (Å²) in [7, 11) is 0. The van der Waals surface area contributed by atoms with Gasteiger partial charge in [-0.1, -0.05) is 97.2 Å². The van der Waals surface area contributed by atoms with Gasteiger partial charge in [-0.2, -0.15) is 0 Å². The molecular formula is C40H35Cl2N3O4S. The third-order valence-electron chi connectivity index (χ3n) is 7.41. The highest BCUT2D eigenvalue weighted by Gasteiger charge is 2.23. The highest BCUT2D eigenvalue weighted by atomic mass is 35.5. The standard InChI is InChI=1S/C40H35Cl2N3O4S/c1-2-3-25-49-32-21-17-30(18-22-32)44-40(48)37(27-11-6-4-7-12-27)50-33-23-19-31(20-24-33)43-39(47)35(26-29-15-10-16-34(41)36(29)42)45-38(46)28-13-8-5-9-14-28/h4-24,26,37H,2-3,25H2,1H3,(H,43,47)(H,44,48)(H,45,46)/b35-26-. The lowest BCUT2D eigenvalue weighted by Gasteiger charge is -2.18. The number of anilines is 2. The van der Waals surface area contributed by atoms with E-state index in [0.29, 0.717) is 34.1 Å². The Balaban J connectivity index is 1.30. The molecule has 1 atom stereocenters. The van der Waals surface area contributed by atoms with E-state index in [1.165, 1.54) is 17.8 Å². The fourth-order valence-corrected chi connectivity index (χ4v) is 6.15. The number of unbranched alkanes of at least 4 members (excludes halogenated alkanes) is 1. The van der Waals surface area contributed by atoms with Crippen molar-refractivity contribution >= 4 is 70.1 Å². The van der Waals surface area contributed by atoms with Crippen molar-refractivity contribution in [2.75, 3.05) is 17.2 Å². The summed E-state index contributed by atoms with van der Waals surface area (Å²) in [5.74, 6) is -0.443.